The first-order valence-electron chi connectivity index (χ1n) is 5.88. The van der Waals surface area contributed by atoms with Crippen LogP contribution in [0.4, 0.5) is 0 Å². The van der Waals surface area contributed by atoms with Crippen molar-refractivity contribution in [1.82, 2.24) is 10.2 Å². The molecule has 1 aliphatic heterocycles. The number of carbonyl (C=O) groups is 1. The van der Waals surface area contributed by atoms with E-state index < -0.39 is 0 Å². The minimum Gasteiger partial charge on any atom is -0.359 e. The first-order chi connectivity index (χ1) is 7.39. The summed E-state index contributed by atoms with van der Waals surface area (Å²) in [4.78, 5) is 13.9. The number of amides is 1. The van der Waals surface area contributed by atoms with E-state index in [-0.39, 0.29) is 11.4 Å². The second-order valence-corrected chi connectivity index (χ2v) is 5.64. The molecule has 3 heteroatoms. The zero-order chi connectivity index (χ0) is 11.9. The summed E-state index contributed by atoms with van der Waals surface area (Å²) in [5.41, 5.74) is 2.28. The Kier molecular flexibility index (Phi) is 2.56. The van der Waals surface area contributed by atoms with Crippen LogP contribution >= 0.6 is 0 Å². The Hall–Kier alpha value is -1.25. The van der Waals surface area contributed by atoms with Crippen LogP contribution in [0.1, 0.15) is 34.1 Å². The molecule has 1 aliphatic carbocycles. The standard InChI is InChI=1S/C13H20N2O/c1-9-6-5-7-10-12(9)15(13(2,3)4)8-11(16)14-10/h5,7,9H,6,8H2,1-4H3,(H,14,16). The number of allylic oxidation sites excluding steroid dienone is 3. The SMILES string of the molecule is CC1CC=CC2=C1N(C(C)(C)C)CC(=O)N2. The molecule has 16 heavy (non-hydrogen) atoms. The second-order valence-electron chi connectivity index (χ2n) is 5.64. The summed E-state index contributed by atoms with van der Waals surface area (Å²) in [7, 11) is 0. The smallest absolute Gasteiger partial charge is 0.243 e. The van der Waals surface area contributed by atoms with E-state index in [2.05, 4.69) is 44.0 Å². The van der Waals surface area contributed by atoms with Gasteiger partial charge < -0.3 is 10.2 Å². The number of nitrogens with zero attached hydrogens (tertiary/aromatic N) is 1. The fourth-order valence-electron chi connectivity index (χ4n) is 2.39. The van der Waals surface area contributed by atoms with Gasteiger partial charge in [0.05, 0.1) is 12.2 Å². The van der Waals surface area contributed by atoms with Crippen LogP contribution < -0.4 is 5.32 Å². The second kappa shape index (κ2) is 3.65. The summed E-state index contributed by atoms with van der Waals surface area (Å²) < 4.78 is 0. The number of hydrogen-bond donors (Lipinski definition) is 1. The van der Waals surface area contributed by atoms with Crippen LogP contribution in [0.2, 0.25) is 0 Å². The van der Waals surface area contributed by atoms with Crippen molar-refractivity contribution in [2.24, 2.45) is 5.92 Å². The van der Waals surface area contributed by atoms with Crippen LogP contribution in [0.5, 0.6) is 0 Å². The lowest BCUT2D eigenvalue weighted by atomic mass is 9.91. The Balaban J connectivity index is 2.44. The van der Waals surface area contributed by atoms with Crippen molar-refractivity contribution in [1.29, 1.82) is 0 Å². The van der Waals surface area contributed by atoms with Crippen molar-refractivity contribution in [2.75, 3.05) is 6.54 Å². The summed E-state index contributed by atoms with van der Waals surface area (Å²) >= 11 is 0. The third-order valence-electron chi connectivity index (χ3n) is 3.19. The lowest BCUT2D eigenvalue weighted by Crippen LogP contribution is -2.52. The fourth-order valence-corrected chi connectivity index (χ4v) is 2.39. The average Bonchev–Trinajstić information content (AvgIpc) is 2.15. The molecule has 1 unspecified atom stereocenters. The predicted molar refractivity (Wildman–Crippen MR) is 64.5 cm³/mol. The van der Waals surface area contributed by atoms with Crippen molar-refractivity contribution >= 4 is 5.91 Å². The number of hydrogen-bond acceptors (Lipinski definition) is 2. The minimum atomic E-state index is -0.00220. The van der Waals surface area contributed by atoms with Crippen LogP contribution in [0.3, 0.4) is 0 Å². The highest BCUT2D eigenvalue weighted by Crippen LogP contribution is 2.33. The molecule has 1 amide bonds. The zero-order valence-electron chi connectivity index (χ0n) is 10.5. The summed E-state index contributed by atoms with van der Waals surface area (Å²) in [6.45, 7) is 9.15. The van der Waals surface area contributed by atoms with Crippen molar-refractivity contribution in [3.05, 3.63) is 23.5 Å². The van der Waals surface area contributed by atoms with E-state index in [1.807, 2.05) is 6.08 Å². The molecule has 88 valence electrons. The van der Waals surface area contributed by atoms with E-state index in [0.29, 0.717) is 12.5 Å². The fraction of sp³-hybridized carbons (Fsp3) is 0.615. The van der Waals surface area contributed by atoms with Crippen molar-refractivity contribution in [2.45, 2.75) is 39.7 Å². The van der Waals surface area contributed by atoms with Gasteiger partial charge in [-0.3, -0.25) is 4.79 Å². The van der Waals surface area contributed by atoms with Gasteiger partial charge >= 0.3 is 0 Å². The Morgan fingerprint density at radius 1 is 1.44 bits per heavy atom. The first kappa shape index (κ1) is 11.2. The number of rotatable bonds is 0. The van der Waals surface area contributed by atoms with Crippen molar-refractivity contribution < 1.29 is 4.79 Å². The Bertz CT molecular complexity index is 374. The van der Waals surface area contributed by atoms with E-state index in [4.69, 9.17) is 0 Å². The molecule has 0 saturated carbocycles. The summed E-state index contributed by atoms with van der Waals surface area (Å²) in [5, 5.41) is 2.96. The van der Waals surface area contributed by atoms with Gasteiger partial charge in [-0.05, 0) is 33.3 Å². The maximum atomic E-state index is 11.7. The van der Waals surface area contributed by atoms with Gasteiger partial charge in [-0.2, -0.15) is 0 Å². The lowest BCUT2D eigenvalue weighted by molar-refractivity contribution is -0.123. The molecule has 1 heterocycles. The molecule has 0 spiro atoms. The molecular formula is C13H20N2O. The van der Waals surface area contributed by atoms with E-state index in [0.717, 1.165) is 12.1 Å². The van der Waals surface area contributed by atoms with E-state index >= 15 is 0 Å². The Morgan fingerprint density at radius 2 is 2.12 bits per heavy atom. The van der Waals surface area contributed by atoms with Crippen LogP contribution in [0.25, 0.3) is 0 Å². The molecule has 0 aromatic rings. The van der Waals surface area contributed by atoms with Gasteiger partial charge in [0, 0.05) is 17.2 Å². The van der Waals surface area contributed by atoms with Crippen molar-refractivity contribution in [3.8, 4) is 0 Å². The topological polar surface area (TPSA) is 32.3 Å². The Labute approximate surface area is 97.2 Å². The minimum absolute atomic E-state index is 0.00220. The van der Waals surface area contributed by atoms with Gasteiger partial charge in [0.1, 0.15) is 0 Å². The van der Waals surface area contributed by atoms with Gasteiger partial charge in [0.2, 0.25) is 5.91 Å². The highest BCUT2D eigenvalue weighted by atomic mass is 16.2. The number of nitrogens with one attached hydrogen (secondary N) is 1. The molecule has 3 nitrogen and oxygen atoms in total. The van der Waals surface area contributed by atoms with Gasteiger partial charge in [-0.1, -0.05) is 13.0 Å². The van der Waals surface area contributed by atoms with Crippen LogP contribution in [0.15, 0.2) is 23.5 Å². The third-order valence-corrected chi connectivity index (χ3v) is 3.19. The summed E-state index contributed by atoms with van der Waals surface area (Å²) in [6.07, 6.45) is 5.22. The highest BCUT2D eigenvalue weighted by molar-refractivity contribution is 5.82. The molecule has 1 N–H and O–H groups in total. The number of carbonyl (C=O) groups excluding carboxylic acids is 1. The monoisotopic (exact) mass is 220 g/mol. The van der Waals surface area contributed by atoms with Crippen LogP contribution in [-0.4, -0.2) is 22.9 Å². The molecule has 2 rings (SSSR count). The van der Waals surface area contributed by atoms with Crippen molar-refractivity contribution in [3.63, 3.8) is 0 Å². The van der Waals surface area contributed by atoms with Gasteiger partial charge in [0.25, 0.3) is 0 Å². The molecule has 0 fully saturated rings. The van der Waals surface area contributed by atoms with Gasteiger partial charge in [-0.15, -0.1) is 0 Å². The zero-order valence-corrected chi connectivity index (χ0v) is 10.5. The molecule has 0 aromatic heterocycles. The Morgan fingerprint density at radius 3 is 2.75 bits per heavy atom. The molecule has 1 atom stereocenters. The van der Waals surface area contributed by atoms with Crippen LogP contribution in [-0.2, 0) is 4.79 Å². The predicted octanol–water partition coefficient (Wildman–Crippen LogP) is 2.02. The van der Waals surface area contributed by atoms with Crippen LogP contribution in [0, 0.1) is 5.92 Å². The third kappa shape index (κ3) is 1.86. The van der Waals surface area contributed by atoms with E-state index in [9.17, 15) is 4.79 Å². The molecule has 0 saturated heterocycles. The first-order valence-corrected chi connectivity index (χ1v) is 5.88. The molecule has 2 aliphatic rings. The average molecular weight is 220 g/mol. The molecule has 0 bridgehead atoms. The maximum absolute atomic E-state index is 11.7. The highest BCUT2D eigenvalue weighted by Gasteiger charge is 2.34. The molecule has 0 radical (unpaired) electrons. The summed E-state index contributed by atoms with van der Waals surface area (Å²) in [6, 6.07) is 0. The largest absolute Gasteiger partial charge is 0.359 e. The molecule has 0 aromatic carbocycles. The normalized spacial score (nSPS) is 25.6. The van der Waals surface area contributed by atoms with E-state index in [1.165, 1.54) is 5.70 Å². The van der Waals surface area contributed by atoms with Gasteiger partial charge in [-0.25, -0.2) is 0 Å². The lowest BCUT2D eigenvalue weighted by Gasteiger charge is -2.45. The maximum Gasteiger partial charge on any atom is 0.243 e. The summed E-state index contributed by atoms with van der Waals surface area (Å²) in [5.74, 6) is 0.576. The van der Waals surface area contributed by atoms with Gasteiger partial charge in [0.15, 0.2) is 0 Å². The quantitative estimate of drug-likeness (QED) is 0.677. The molecular weight excluding hydrogens is 200 g/mol. The van der Waals surface area contributed by atoms with E-state index in [1.54, 1.807) is 0 Å².